The number of fused-ring (bicyclic) bond motifs is 1. The highest BCUT2D eigenvalue weighted by Gasteiger charge is 2.18. The molecule has 0 spiro atoms. The second-order valence-electron chi connectivity index (χ2n) is 4.82. The van der Waals surface area contributed by atoms with E-state index < -0.39 is 0 Å². The van der Waals surface area contributed by atoms with Crippen LogP contribution in [0.5, 0.6) is 0 Å². The van der Waals surface area contributed by atoms with E-state index in [1.54, 1.807) is 0 Å². The zero-order valence-electron chi connectivity index (χ0n) is 10.5. The van der Waals surface area contributed by atoms with Gasteiger partial charge in [-0.15, -0.1) is 0 Å². The van der Waals surface area contributed by atoms with Crippen LogP contribution < -0.4 is 0 Å². The smallest absolute Gasteiger partial charge is 0.0278 e. The summed E-state index contributed by atoms with van der Waals surface area (Å²) in [5, 5.41) is 0. The minimum atomic E-state index is 1.04. The Bertz CT molecular complexity index is 539. The quantitative estimate of drug-likeness (QED) is 0.797. The van der Waals surface area contributed by atoms with E-state index >= 15 is 0 Å². The van der Waals surface area contributed by atoms with Gasteiger partial charge in [-0.25, -0.2) is 0 Å². The van der Waals surface area contributed by atoms with Crippen molar-refractivity contribution in [1.82, 2.24) is 9.47 Å². The van der Waals surface area contributed by atoms with E-state index in [1.807, 2.05) is 6.20 Å². The maximum Gasteiger partial charge on any atom is 0.0278 e. The summed E-state index contributed by atoms with van der Waals surface area (Å²) in [6, 6.07) is 12.9. The third-order valence-electron chi connectivity index (χ3n) is 3.62. The summed E-state index contributed by atoms with van der Waals surface area (Å²) in [7, 11) is 0. The largest absolute Gasteiger partial charge is 0.328 e. The van der Waals surface area contributed by atoms with Crippen LogP contribution in [0.25, 0.3) is 6.20 Å². The maximum absolute atomic E-state index is 3.85. The van der Waals surface area contributed by atoms with Crippen LogP contribution >= 0.6 is 0 Å². The summed E-state index contributed by atoms with van der Waals surface area (Å²) in [5.41, 5.74) is 4.26. The lowest BCUT2D eigenvalue weighted by Crippen LogP contribution is -2.30. The van der Waals surface area contributed by atoms with E-state index in [1.165, 1.54) is 16.8 Å². The molecule has 1 aromatic carbocycles. The zero-order valence-corrected chi connectivity index (χ0v) is 10.5. The van der Waals surface area contributed by atoms with E-state index in [0.717, 1.165) is 26.1 Å². The van der Waals surface area contributed by atoms with Crippen LogP contribution in [0.3, 0.4) is 0 Å². The summed E-state index contributed by atoms with van der Waals surface area (Å²) >= 11 is 0. The van der Waals surface area contributed by atoms with Gasteiger partial charge in [-0.1, -0.05) is 36.9 Å². The molecule has 0 aliphatic carbocycles. The molecule has 0 amide bonds. The summed E-state index contributed by atoms with van der Waals surface area (Å²) in [5.74, 6) is 0. The Morgan fingerprint density at radius 1 is 1.17 bits per heavy atom. The molecule has 0 unspecified atom stereocenters. The first-order chi connectivity index (χ1) is 8.86. The van der Waals surface area contributed by atoms with Gasteiger partial charge in [0.25, 0.3) is 0 Å². The molecule has 0 N–H and O–H groups in total. The number of hydrogen-bond donors (Lipinski definition) is 0. The van der Waals surface area contributed by atoms with E-state index in [9.17, 15) is 0 Å². The van der Waals surface area contributed by atoms with Crippen molar-refractivity contribution in [3.05, 3.63) is 66.0 Å². The first kappa shape index (κ1) is 11.3. The number of nitrogens with zero attached hydrogens (tertiary/aromatic N) is 2. The number of benzene rings is 1. The molecule has 1 aromatic heterocycles. The van der Waals surface area contributed by atoms with Gasteiger partial charge in [-0.05, 0) is 17.2 Å². The second kappa shape index (κ2) is 4.83. The van der Waals surface area contributed by atoms with Crippen LogP contribution in [0.2, 0.25) is 0 Å². The Morgan fingerprint density at radius 3 is 2.78 bits per heavy atom. The molecule has 18 heavy (non-hydrogen) atoms. The Kier molecular flexibility index (Phi) is 3.03. The molecule has 0 fully saturated rings. The molecule has 0 bridgehead atoms. The first-order valence-corrected chi connectivity index (χ1v) is 6.44. The molecular weight excluding hydrogens is 220 g/mol. The van der Waals surface area contributed by atoms with Gasteiger partial charge in [0.05, 0.1) is 0 Å². The standard InChI is InChI=1S/C16H18N2/c1-2-18-11-8-15-13-17(10-9-16(15)18)12-14-6-4-3-5-7-14/h2-8,11H,1,9-10,12-13H2. The molecule has 1 aliphatic rings. The number of rotatable bonds is 3. The lowest BCUT2D eigenvalue weighted by molar-refractivity contribution is 0.244. The number of hydrogen-bond acceptors (Lipinski definition) is 1. The van der Waals surface area contributed by atoms with Crippen LogP contribution in [0.15, 0.2) is 49.2 Å². The third-order valence-corrected chi connectivity index (χ3v) is 3.62. The van der Waals surface area contributed by atoms with Gasteiger partial charge in [0.15, 0.2) is 0 Å². The van der Waals surface area contributed by atoms with E-state index in [2.05, 4.69) is 58.6 Å². The van der Waals surface area contributed by atoms with Gasteiger partial charge < -0.3 is 4.57 Å². The number of aromatic nitrogens is 1. The van der Waals surface area contributed by atoms with Crippen molar-refractivity contribution in [2.75, 3.05) is 6.54 Å². The van der Waals surface area contributed by atoms with Crippen LogP contribution in [0.4, 0.5) is 0 Å². The van der Waals surface area contributed by atoms with Crippen LogP contribution in [-0.4, -0.2) is 16.0 Å². The highest BCUT2D eigenvalue weighted by Crippen LogP contribution is 2.21. The molecule has 0 atom stereocenters. The molecule has 2 heterocycles. The molecule has 3 rings (SSSR count). The third kappa shape index (κ3) is 2.12. The summed E-state index contributed by atoms with van der Waals surface area (Å²) in [4.78, 5) is 2.51. The minimum absolute atomic E-state index is 1.04. The molecular formula is C16H18N2. The summed E-state index contributed by atoms with van der Waals surface area (Å²) in [6.07, 6.45) is 5.12. The first-order valence-electron chi connectivity index (χ1n) is 6.44. The minimum Gasteiger partial charge on any atom is -0.328 e. The molecule has 92 valence electrons. The molecule has 2 aromatic rings. The van der Waals surface area contributed by atoms with Crippen molar-refractivity contribution in [2.24, 2.45) is 0 Å². The molecule has 0 radical (unpaired) electrons. The summed E-state index contributed by atoms with van der Waals surface area (Å²) < 4.78 is 2.15. The van der Waals surface area contributed by atoms with E-state index in [-0.39, 0.29) is 0 Å². The Balaban J connectivity index is 1.73. The van der Waals surface area contributed by atoms with Gasteiger partial charge in [-0.2, -0.15) is 0 Å². The Labute approximate surface area is 108 Å². The molecule has 2 heteroatoms. The SMILES string of the molecule is C=Cn1ccc2c1CCN(Cc1ccccc1)C2. The van der Waals surface area contributed by atoms with Crippen molar-refractivity contribution in [3.63, 3.8) is 0 Å². The van der Waals surface area contributed by atoms with E-state index in [4.69, 9.17) is 0 Å². The van der Waals surface area contributed by atoms with Gasteiger partial charge in [0.2, 0.25) is 0 Å². The van der Waals surface area contributed by atoms with Crippen LogP contribution in [0.1, 0.15) is 16.8 Å². The fourth-order valence-corrected chi connectivity index (χ4v) is 2.69. The topological polar surface area (TPSA) is 8.17 Å². The highest BCUT2D eigenvalue weighted by atomic mass is 15.1. The van der Waals surface area contributed by atoms with E-state index in [0.29, 0.717) is 0 Å². The molecule has 2 nitrogen and oxygen atoms in total. The fraction of sp³-hybridized carbons (Fsp3) is 0.250. The van der Waals surface area contributed by atoms with Crippen LogP contribution in [-0.2, 0) is 19.5 Å². The monoisotopic (exact) mass is 238 g/mol. The lowest BCUT2D eigenvalue weighted by Gasteiger charge is -2.27. The normalized spacial score (nSPS) is 15.3. The van der Waals surface area contributed by atoms with Gasteiger partial charge in [-0.3, -0.25) is 4.90 Å². The van der Waals surface area contributed by atoms with Gasteiger partial charge >= 0.3 is 0 Å². The molecule has 1 aliphatic heterocycles. The highest BCUT2D eigenvalue weighted by molar-refractivity contribution is 5.33. The van der Waals surface area contributed by atoms with Gasteiger partial charge in [0.1, 0.15) is 0 Å². The summed E-state index contributed by atoms with van der Waals surface area (Å²) in [6.45, 7) is 7.06. The van der Waals surface area contributed by atoms with Crippen molar-refractivity contribution in [1.29, 1.82) is 0 Å². The van der Waals surface area contributed by atoms with Gasteiger partial charge in [0, 0.05) is 44.1 Å². The van der Waals surface area contributed by atoms with Crippen molar-refractivity contribution in [3.8, 4) is 0 Å². The lowest BCUT2D eigenvalue weighted by atomic mass is 10.1. The zero-order chi connectivity index (χ0) is 12.4. The average Bonchev–Trinajstić information content (AvgIpc) is 2.82. The Morgan fingerprint density at radius 2 is 2.00 bits per heavy atom. The Hall–Kier alpha value is -1.80. The second-order valence-corrected chi connectivity index (χ2v) is 4.82. The van der Waals surface area contributed by atoms with Crippen molar-refractivity contribution in [2.45, 2.75) is 19.5 Å². The maximum atomic E-state index is 3.85. The molecule has 0 saturated carbocycles. The van der Waals surface area contributed by atoms with Crippen molar-refractivity contribution >= 4 is 6.20 Å². The molecule has 0 saturated heterocycles. The fourth-order valence-electron chi connectivity index (χ4n) is 2.69. The predicted molar refractivity (Wildman–Crippen MR) is 75.1 cm³/mol. The van der Waals surface area contributed by atoms with Crippen molar-refractivity contribution < 1.29 is 0 Å². The van der Waals surface area contributed by atoms with Crippen LogP contribution in [0, 0.1) is 0 Å². The average molecular weight is 238 g/mol. The predicted octanol–water partition coefficient (Wildman–Crippen LogP) is 3.15.